The number of anilines is 1. The molecule has 1 atom stereocenters. The van der Waals surface area contributed by atoms with E-state index in [4.69, 9.17) is 5.11 Å². The molecule has 0 saturated carbocycles. The van der Waals surface area contributed by atoms with Gasteiger partial charge in [-0.2, -0.15) is 0 Å². The Bertz CT molecular complexity index is 545. The Kier molecular flexibility index (Phi) is 4.98. The van der Waals surface area contributed by atoms with E-state index in [2.05, 4.69) is 37.2 Å². The highest BCUT2D eigenvalue weighted by Crippen LogP contribution is 2.33. The van der Waals surface area contributed by atoms with Crippen LogP contribution in [-0.2, 0) is 4.79 Å². The van der Waals surface area contributed by atoms with E-state index in [1.165, 1.54) is 16.7 Å². The second-order valence-electron chi connectivity index (χ2n) is 4.36. The first kappa shape index (κ1) is 15.7. The third-order valence-corrected chi connectivity index (χ3v) is 5.11. The molecule has 1 aliphatic heterocycles. The van der Waals surface area contributed by atoms with Crippen LogP contribution in [0.2, 0.25) is 0 Å². The summed E-state index contributed by atoms with van der Waals surface area (Å²) < 4.78 is 1.49. The molecule has 5 nitrogen and oxygen atoms in total. The first-order valence-electron chi connectivity index (χ1n) is 5.74. The van der Waals surface area contributed by atoms with Crippen LogP contribution in [0.5, 0.6) is 0 Å². The van der Waals surface area contributed by atoms with Gasteiger partial charge in [0.1, 0.15) is 6.04 Å². The molecule has 1 aromatic carbocycles. The number of halogens is 2. The Balaban J connectivity index is 2.18. The van der Waals surface area contributed by atoms with Crippen molar-refractivity contribution in [2.45, 2.75) is 13.0 Å². The molecule has 1 unspecified atom stereocenters. The highest BCUT2D eigenvalue weighted by atomic mass is 79.9. The first-order chi connectivity index (χ1) is 9.40. The predicted molar refractivity (Wildman–Crippen MR) is 86.2 cm³/mol. The van der Waals surface area contributed by atoms with Crippen LogP contribution < -0.4 is 5.32 Å². The quantitative estimate of drug-likeness (QED) is 0.763. The van der Waals surface area contributed by atoms with E-state index in [1.807, 2.05) is 19.1 Å². The number of carbonyl (C=O) groups excluding carboxylic acids is 1. The Hall–Kier alpha value is -0.730. The number of aliphatic carboxylic acids is 1. The van der Waals surface area contributed by atoms with Gasteiger partial charge in [0.05, 0.1) is 11.6 Å². The van der Waals surface area contributed by atoms with Crippen LogP contribution in [0.25, 0.3) is 0 Å². The van der Waals surface area contributed by atoms with Crippen molar-refractivity contribution < 1.29 is 14.7 Å². The summed E-state index contributed by atoms with van der Waals surface area (Å²) in [5.74, 6) is -0.185. The van der Waals surface area contributed by atoms with Gasteiger partial charge < -0.3 is 15.3 Å². The van der Waals surface area contributed by atoms with E-state index in [9.17, 15) is 9.59 Å². The SMILES string of the molecule is Cc1cc(Br)c(NC(=O)N2CSCC2C(=O)O)c(Br)c1. The van der Waals surface area contributed by atoms with Crippen molar-refractivity contribution in [3.63, 3.8) is 0 Å². The fraction of sp³-hybridized carbons (Fsp3) is 0.333. The number of aryl methyl sites for hydroxylation is 1. The van der Waals surface area contributed by atoms with Crippen molar-refractivity contribution >= 4 is 61.3 Å². The molecule has 0 bridgehead atoms. The largest absolute Gasteiger partial charge is 0.480 e. The maximum atomic E-state index is 12.2. The zero-order valence-corrected chi connectivity index (χ0v) is 14.5. The molecule has 1 aromatic rings. The molecule has 0 aliphatic carbocycles. The van der Waals surface area contributed by atoms with Crippen molar-refractivity contribution in [1.29, 1.82) is 0 Å². The molecule has 0 aromatic heterocycles. The minimum atomic E-state index is -0.979. The van der Waals surface area contributed by atoms with Gasteiger partial charge in [0.2, 0.25) is 0 Å². The van der Waals surface area contributed by atoms with Crippen molar-refractivity contribution in [3.05, 3.63) is 26.6 Å². The van der Waals surface area contributed by atoms with E-state index in [0.29, 0.717) is 17.3 Å². The minimum Gasteiger partial charge on any atom is -0.480 e. The van der Waals surface area contributed by atoms with Gasteiger partial charge in [-0.05, 0) is 56.5 Å². The zero-order valence-electron chi connectivity index (χ0n) is 10.5. The average molecular weight is 424 g/mol. The molecule has 0 spiro atoms. The highest BCUT2D eigenvalue weighted by Gasteiger charge is 2.34. The smallest absolute Gasteiger partial charge is 0.327 e. The van der Waals surface area contributed by atoms with Gasteiger partial charge in [-0.3, -0.25) is 0 Å². The molecule has 1 saturated heterocycles. The number of carboxylic acid groups (broad SMARTS) is 1. The van der Waals surface area contributed by atoms with Gasteiger partial charge in [-0.1, -0.05) is 0 Å². The van der Waals surface area contributed by atoms with Gasteiger partial charge in [-0.25, -0.2) is 9.59 Å². The van der Waals surface area contributed by atoms with E-state index >= 15 is 0 Å². The number of carbonyl (C=O) groups is 2. The van der Waals surface area contributed by atoms with Crippen LogP contribution in [0.3, 0.4) is 0 Å². The molecule has 2 amide bonds. The molecule has 0 radical (unpaired) electrons. The molecule has 20 heavy (non-hydrogen) atoms. The maximum Gasteiger partial charge on any atom is 0.327 e. The van der Waals surface area contributed by atoms with Crippen LogP contribution in [0.1, 0.15) is 5.56 Å². The summed E-state index contributed by atoms with van der Waals surface area (Å²) in [4.78, 5) is 24.6. The van der Waals surface area contributed by atoms with Gasteiger partial charge >= 0.3 is 12.0 Å². The fourth-order valence-corrected chi connectivity index (χ4v) is 4.60. The molecular weight excluding hydrogens is 412 g/mol. The summed E-state index contributed by atoms with van der Waals surface area (Å²) >= 11 is 8.22. The summed E-state index contributed by atoms with van der Waals surface area (Å²) in [6.07, 6.45) is 0. The van der Waals surface area contributed by atoms with E-state index < -0.39 is 18.0 Å². The standard InChI is InChI=1S/C12H12Br2N2O3S/c1-6-2-7(13)10(8(14)3-6)15-12(19)16-5-20-4-9(16)11(17)18/h2-3,9H,4-5H2,1H3,(H,15,19)(H,17,18). The number of nitrogens with one attached hydrogen (secondary N) is 1. The highest BCUT2D eigenvalue weighted by molar-refractivity contribution is 9.11. The van der Waals surface area contributed by atoms with E-state index in [-0.39, 0.29) is 0 Å². The lowest BCUT2D eigenvalue weighted by Crippen LogP contribution is -2.44. The number of hydrogen-bond donors (Lipinski definition) is 2. The monoisotopic (exact) mass is 422 g/mol. The number of thioether (sulfide) groups is 1. The van der Waals surface area contributed by atoms with Gasteiger partial charge in [0, 0.05) is 14.7 Å². The number of hydrogen-bond acceptors (Lipinski definition) is 3. The zero-order chi connectivity index (χ0) is 14.9. The summed E-state index contributed by atoms with van der Waals surface area (Å²) in [5.41, 5.74) is 1.64. The lowest BCUT2D eigenvalue weighted by atomic mass is 10.2. The van der Waals surface area contributed by atoms with Crippen molar-refractivity contribution in [2.75, 3.05) is 16.9 Å². The van der Waals surface area contributed by atoms with Crippen LogP contribution in [-0.4, -0.2) is 39.7 Å². The molecule has 1 heterocycles. The summed E-state index contributed by atoms with van der Waals surface area (Å²) in [7, 11) is 0. The molecule has 1 fully saturated rings. The Morgan fingerprint density at radius 1 is 1.40 bits per heavy atom. The molecule has 8 heteroatoms. The number of urea groups is 1. The van der Waals surface area contributed by atoms with Crippen LogP contribution in [0.4, 0.5) is 10.5 Å². The third kappa shape index (κ3) is 3.29. The maximum absolute atomic E-state index is 12.2. The number of nitrogens with zero attached hydrogens (tertiary/aromatic N) is 1. The van der Waals surface area contributed by atoms with Crippen LogP contribution in [0.15, 0.2) is 21.1 Å². The summed E-state index contributed by atoms with van der Waals surface area (Å²) in [6, 6.07) is 2.58. The normalized spacial score (nSPS) is 18.1. The van der Waals surface area contributed by atoms with Crippen molar-refractivity contribution in [2.24, 2.45) is 0 Å². The Morgan fingerprint density at radius 3 is 2.55 bits per heavy atom. The lowest BCUT2D eigenvalue weighted by Gasteiger charge is -2.22. The fourth-order valence-electron chi connectivity index (χ4n) is 1.85. The second kappa shape index (κ2) is 6.36. The molecule has 2 N–H and O–H groups in total. The number of amides is 2. The Morgan fingerprint density at radius 2 is 2.00 bits per heavy atom. The second-order valence-corrected chi connectivity index (χ2v) is 7.07. The molecule has 108 valence electrons. The van der Waals surface area contributed by atoms with Gasteiger partial charge in [0.15, 0.2) is 0 Å². The predicted octanol–water partition coefficient (Wildman–Crippen LogP) is 3.51. The first-order valence-corrected chi connectivity index (χ1v) is 8.48. The summed E-state index contributed by atoms with van der Waals surface area (Å²) in [6.45, 7) is 1.94. The topological polar surface area (TPSA) is 69.6 Å². The summed E-state index contributed by atoms with van der Waals surface area (Å²) in [5, 5.41) is 11.8. The van der Waals surface area contributed by atoms with Gasteiger partial charge in [0.25, 0.3) is 0 Å². The van der Waals surface area contributed by atoms with E-state index in [1.54, 1.807) is 0 Å². The minimum absolute atomic E-state index is 0.379. The van der Waals surface area contributed by atoms with Crippen LogP contribution >= 0.6 is 43.6 Å². The van der Waals surface area contributed by atoms with Crippen molar-refractivity contribution in [3.8, 4) is 0 Å². The molecule has 2 rings (SSSR count). The third-order valence-electron chi connectivity index (χ3n) is 2.85. The number of benzene rings is 1. The number of carboxylic acids is 1. The molecular formula is C12H12Br2N2O3S. The molecule has 1 aliphatic rings. The Labute approximate surface area is 137 Å². The average Bonchev–Trinajstić information content (AvgIpc) is 2.82. The number of rotatable bonds is 2. The van der Waals surface area contributed by atoms with Crippen molar-refractivity contribution in [1.82, 2.24) is 4.90 Å². The van der Waals surface area contributed by atoms with Crippen LogP contribution in [0, 0.1) is 6.92 Å². The van der Waals surface area contributed by atoms with Gasteiger partial charge in [-0.15, -0.1) is 11.8 Å². The lowest BCUT2D eigenvalue weighted by molar-refractivity contribution is -0.140. The van der Waals surface area contributed by atoms with E-state index in [0.717, 1.165) is 14.5 Å².